The number of nitrogens with zero attached hydrogens (tertiary/aromatic N) is 3. The fourth-order valence-corrected chi connectivity index (χ4v) is 3.19. The number of nitrogens with one attached hydrogen (secondary N) is 1. The Balaban J connectivity index is 1.80. The zero-order valence-corrected chi connectivity index (χ0v) is 13.2. The van der Waals surface area contributed by atoms with Gasteiger partial charge in [-0.25, -0.2) is 9.97 Å². The van der Waals surface area contributed by atoms with Crippen LogP contribution in [0.3, 0.4) is 0 Å². The molecule has 23 heavy (non-hydrogen) atoms. The molecule has 1 aliphatic rings. The summed E-state index contributed by atoms with van der Waals surface area (Å²) in [4.78, 5) is 15.0. The van der Waals surface area contributed by atoms with Gasteiger partial charge < -0.3 is 15.0 Å². The standard InChI is InChI=1S/C18H20N4O/c1-12-19-16-11-15(13-5-3-2-4-6-13)21-17(16)18(20-12)22-9-7-14(23)8-10-22/h2-6,11,14,21,23H,7-10H2,1H3. The number of hydrogen-bond donors (Lipinski definition) is 2. The van der Waals surface area contributed by atoms with Gasteiger partial charge in [-0.1, -0.05) is 30.3 Å². The van der Waals surface area contributed by atoms with E-state index in [1.807, 2.05) is 25.1 Å². The molecular formula is C18H20N4O. The molecule has 0 atom stereocenters. The summed E-state index contributed by atoms with van der Waals surface area (Å²) in [7, 11) is 0. The summed E-state index contributed by atoms with van der Waals surface area (Å²) in [6.45, 7) is 3.58. The largest absolute Gasteiger partial charge is 0.393 e. The van der Waals surface area contributed by atoms with Crippen molar-refractivity contribution < 1.29 is 5.11 Å². The molecule has 0 bridgehead atoms. The van der Waals surface area contributed by atoms with Crippen molar-refractivity contribution in [2.75, 3.05) is 18.0 Å². The van der Waals surface area contributed by atoms with E-state index in [0.717, 1.165) is 59.9 Å². The quantitative estimate of drug-likeness (QED) is 0.764. The molecular weight excluding hydrogens is 288 g/mol. The molecule has 3 aromatic rings. The number of rotatable bonds is 2. The number of H-pyrrole nitrogens is 1. The SMILES string of the molecule is Cc1nc(N2CCC(O)CC2)c2[nH]c(-c3ccccc3)cc2n1. The van der Waals surface area contributed by atoms with Crippen LogP contribution < -0.4 is 4.90 Å². The Kier molecular flexibility index (Phi) is 3.50. The van der Waals surface area contributed by atoms with E-state index in [4.69, 9.17) is 0 Å². The van der Waals surface area contributed by atoms with Crippen LogP contribution in [0.15, 0.2) is 36.4 Å². The van der Waals surface area contributed by atoms with Crippen molar-refractivity contribution in [1.82, 2.24) is 15.0 Å². The molecule has 0 aliphatic carbocycles. The Bertz CT molecular complexity index is 820. The van der Waals surface area contributed by atoms with Gasteiger partial charge in [0.1, 0.15) is 11.3 Å². The van der Waals surface area contributed by atoms with Crippen molar-refractivity contribution in [3.05, 3.63) is 42.2 Å². The third-order valence-electron chi connectivity index (χ3n) is 4.42. The molecule has 0 amide bonds. The maximum Gasteiger partial charge on any atom is 0.156 e. The van der Waals surface area contributed by atoms with Crippen LogP contribution in [-0.4, -0.2) is 39.3 Å². The second-order valence-electron chi connectivity index (χ2n) is 6.12. The first kappa shape index (κ1) is 14.2. The number of aliphatic hydroxyl groups excluding tert-OH is 1. The summed E-state index contributed by atoms with van der Waals surface area (Å²) in [6.07, 6.45) is 1.39. The molecule has 0 radical (unpaired) electrons. The minimum atomic E-state index is -0.187. The zero-order chi connectivity index (χ0) is 15.8. The molecule has 0 saturated carbocycles. The molecule has 1 aliphatic heterocycles. The lowest BCUT2D eigenvalue weighted by molar-refractivity contribution is 0.145. The molecule has 5 nitrogen and oxygen atoms in total. The van der Waals surface area contributed by atoms with Crippen LogP contribution in [0.4, 0.5) is 5.82 Å². The summed E-state index contributed by atoms with van der Waals surface area (Å²) in [5, 5.41) is 9.73. The number of anilines is 1. The van der Waals surface area contributed by atoms with E-state index in [2.05, 4.69) is 38.1 Å². The van der Waals surface area contributed by atoms with Crippen LogP contribution in [0.1, 0.15) is 18.7 Å². The highest BCUT2D eigenvalue weighted by atomic mass is 16.3. The molecule has 4 rings (SSSR count). The lowest BCUT2D eigenvalue weighted by Crippen LogP contribution is -2.36. The minimum absolute atomic E-state index is 0.187. The van der Waals surface area contributed by atoms with Gasteiger partial charge in [-0.3, -0.25) is 0 Å². The molecule has 0 unspecified atom stereocenters. The third kappa shape index (κ3) is 2.68. The van der Waals surface area contributed by atoms with Crippen molar-refractivity contribution >= 4 is 16.9 Å². The highest BCUT2D eigenvalue weighted by Crippen LogP contribution is 2.30. The molecule has 2 N–H and O–H groups in total. The molecule has 2 aromatic heterocycles. The molecule has 1 fully saturated rings. The Hall–Kier alpha value is -2.40. The number of benzene rings is 1. The van der Waals surface area contributed by atoms with E-state index < -0.39 is 0 Å². The predicted molar refractivity (Wildman–Crippen MR) is 91.5 cm³/mol. The van der Waals surface area contributed by atoms with Gasteiger partial charge in [0, 0.05) is 18.8 Å². The second kappa shape index (κ2) is 5.66. The lowest BCUT2D eigenvalue weighted by atomic mass is 10.1. The van der Waals surface area contributed by atoms with E-state index in [9.17, 15) is 5.11 Å². The second-order valence-corrected chi connectivity index (χ2v) is 6.12. The average Bonchev–Trinajstić information content (AvgIpc) is 2.99. The minimum Gasteiger partial charge on any atom is -0.393 e. The maximum atomic E-state index is 9.73. The van der Waals surface area contributed by atoms with Crippen LogP contribution >= 0.6 is 0 Å². The van der Waals surface area contributed by atoms with Gasteiger partial charge in [-0.05, 0) is 31.4 Å². The van der Waals surface area contributed by atoms with Crippen LogP contribution in [0.25, 0.3) is 22.3 Å². The highest BCUT2D eigenvalue weighted by Gasteiger charge is 2.21. The van der Waals surface area contributed by atoms with Gasteiger partial charge >= 0.3 is 0 Å². The Morgan fingerprint density at radius 2 is 1.87 bits per heavy atom. The van der Waals surface area contributed by atoms with Crippen molar-refractivity contribution in [3.63, 3.8) is 0 Å². The number of aromatic amines is 1. The smallest absolute Gasteiger partial charge is 0.156 e. The summed E-state index contributed by atoms with van der Waals surface area (Å²) < 4.78 is 0. The first-order valence-corrected chi connectivity index (χ1v) is 8.06. The Morgan fingerprint density at radius 1 is 1.13 bits per heavy atom. The van der Waals surface area contributed by atoms with Crippen LogP contribution in [0.2, 0.25) is 0 Å². The summed E-state index contributed by atoms with van der Waals surface area (Å²) >= 11 is 0. The van der Waals surface area contributed by atoms with Gasteiger partial charge in [-0.2, -0.15) is 0 Å². The lowest BCUT2D eigenvalue weighted by Gasteiger charge is -2.30. The third-order valence-corrected chi connectivity index (χ3v) is 4.42. The van der Waals surface area contributed by atoms with E-state index in [-0.39, 0.29) is 6.10 Å². The van der Waals surface area contributed by atoms with Crippen molar-refractivity contribution in [2.24, 2.45) is 0 Å². The molecule has 1 saturated heterocycles. The summed E-state index contributed by atoms with van der Waals surface area (Å²) in [6, 6.07) is 12.3. The number of aryl methyl sites for hydroxylation is 1. The fourth-order valence-electron chi connectivity index (χ4n) is 3.19. The molecule has 118 valence electrons. The first-order chi connectivity index (χ1) is 11.2. The first-order valence-electron chi connectivity index (χ1n) is 8.06. The van der Waals surface area contributed by atoms with E-state index in [1.54, 1.807) is 0 Å². The molecule has 0 spiro atoms. The van der Waals surface area contributed by atoms with Crippen LogP contribution in [0, 0.1) is 6.92 Å². The molecule has 1 aromatic carbocycles. The highest BCUT2D eigenvalue weighted by molar-refractivity contribution is 5.90. The summed E-state index contributed by atoms with van der Waals surface area (Å²) in [5.41, 5.74) is 4.12. The average molecular weight is 308 g/mol. The predicted octanol–water partition coefficient (Wildman–Crippen LogP) is 2.89. The number of hydrogen-bond acceptors (Lipinski definition) is 4. The normalized spacial score (nSPS) is 16.2. The van der Waals surface area contributed by atoms with Crippen LogP contribution in [0.5, 0.6) is 0 Å². The Morgan fingerprint density at radius 3 is 2.61 bits per heavy atom. The van der Waals surface area contributed by atoms with E-state index in [0.29, 0.717) is 0 Å². The molecule has 3 heterocycles. The number of aliphatic hydroxyl groups is 1. The van der Waals surface area contributed by atoms with Gasteiger partial charge in [0.05, 0.1) is 11.6 Å². The van der Waals surface area contributed by atoms with E-state index in [1.165, 1.54) is 0 Å². The number of fused-ring (bicyclic) bond motifs is 1. The van der Waals surface area contributed by atoms with Crippen molar-refractivity contribution in [1.29, 1.82) is 0 Å². The van der Waals surface area contributed by atoms with Gasteiger partial charge in [0.25, 0.3) is 0 Å². The zero-order valence-electron chi connectivity index (χ0n) is 13.2. The summed E-state index contributed by atoms with van der Waals surface area (Å²) in [5.74, 6) is 1.72. The van der Waals surface area contributed by atoms with Gasteiger partial charge in [0.2, 0.25) is 0 Å². The molecule has 5 heteroatoms. The maximum absolute atomic E-state index is 9.73. The van der Waals surface area contributed by atoms with E-state index >= 15 is 0 Å². The Labute approximate surface area is 135 Å². The van der Waals surface area contributed by atoms with Gasteiger partial charge in [0.15, 0.2) is 5.82 Å². The monoisotopic (exact) mass is 308 g/mol. The number of piperidine rings is 1. The fraction of sp³-hybridized carbons (Fsp3) is 0.333. The van der Waals surface area contributed by atoms with Crippen LogP contribution in [-0.2, 0) is 0 Å². The topological polar surface area (TPSA) is 65.0 Å². The van der Waals surface area contributed by atoms with Gasteiger partial charge in [-0.15, -0.1) is 0 Å². The van der Waals surface area contributed by atoms with Crippen molar-refractivity contribution in [2.45, 2.75) is 25.9 Å². The van der Waals surface area contributed by atoms with Crippen molar-refractivity contribution in [3.8, 4) is 11.3 Å². The number of aromatic nitrogens is 3.